The molecule has 0 aromatic heterocycles. The van der Waals surface area contributed by atoms with Gasteiger partial charge in [-0.25, -0.2) is 0 Å². The Labute approximate surface area is 157 Å². The molecule has 0 atom stereocenters. The molecule has 0 aliphatic carbocycles. The lowest BCUT2D eigenvalue weighted by molar-refractivity contribution is -0.137. The number of nitrogens with one attached hydrogen (secondary N) is 2. The lowest BCUT2D eigenvalue weighted by Gasteiger charge is -2.20. The third kappa shape index (κ3) is 7.74. The lowest BCUT2D eigenvalue weighted by Crippen LogP contribution is -2.27. The van der Waals surface area contributed by atoms with E-state index >= 15 is 0 Å². The predicted octanol–water partition coefficient (Wildman–Crippen LogP) is 5.80. The van der Waals surface area contributed by atoms with Crippen molar-refractivity contribution < 1.29 is 31.1 Å². The van der Waals surface area contributed by atoms with E-state index in [0.29, 0.717) is 6.07 Å². The van der Waals surface area contributed by atoms with E-state index in [1.165, 1.54) is 11.9 Å². The van der Waals surface area contributed by atoms with E-state index in [0.717, 1.165) is 12.1 Å². The maximum atomic E-state index is 12.9. The minimum Gasteiger partial charge on any atom is -0.352 e. The molecule has 0 saturated heterocycles. The third-order valence-corrected chi connectivity index (χ3v) is 4.11. The van der Waals surface area contributed by atoms with E-state index in [9.17, 15) is 31.1 Å². The molecule has 0 aliphatic rings. The highest BCUT2D eigenvalue weighted by molar-refractivity contribution is 8.01. The van der Waals surface area contributed by atoms with Crippen molar-refractivity contribution in [2.45, 2.75) is 44.3 Å². The molecule has 0 bridgehead atoms. The molecule has 2 N–H and O–H groups in total. The topological polar surface area (TPSA) is 41.1 Å². The summed E-state index contributed by atoms with van der Waals surface area (Å²) >= 11 is 1.19. The van der Waals surface area contributed by atoms with Crippen LogP contribution in [0.2, 0.25) is 0 Å². The second kappa shape index (κ2) is 8.45. The number of amides is 1. The van der Waals surface area contributed by atoms with Crippen LogP contribution in [0.1, 0.15) is 43.1 Å². The first-order valence-corrected chi connectivity index (χ1v) is 8.61. The molecule has 1 rings (SSSR count). The van der Waals surface area contributed by atoms with Gasteiger partial charge in [0, 0.05) is 16.9 Å². The molecule has 1 amide bonds. The number of benzene rings is 1. The van der Waals surface area contributed by atoms with Crippen LogP contribution in [0.15, 0.2) is 30.4 Å². The van der Waals surface area contributed by atoms with Crippen LogP contribution in [-0.4, -0.2) is 23.4 Å². The molecule has 0 spiro atoms. The van der Waals surface area contributed by atoms with E-state index in [1.807, 2.05) is 20.8 Å². The van der Waals surface area contributed by atoms with Gasteiger partial charge in [-0.1, -0.05) is 6.58 Å². The van der Waals surface area contributed by atoms with Crippen molar-refractivity contribution in [3.8, 4) is 0 Å². The van der Waals surface area contributed by atoms with Crippen molar-refractivity contribution >= 4 is 23.5 Å². The molecule has 0 heterocycles. The van der Waals surface area contributed by atoms with Crippen LogP contribution in [0.5, 0.6) is 0 Å². The van der Waals surface area contributed by atoms with Gasteiger partial charge < -0.3 is 10.0 Å². The van der Waals surface area contributed by atoms with Crippen LogP contribution in [0.25, 0.3) is 0 Å². The number of hydrogen-bond donors (Lipinski definition) is 2. The normalized spacial score (nSPS) is 12.6. The third-order valence-electron chi connectivity index (χ3n) is 3.17. The molecule has 10 heteroatoms. The zero-order valence-electron chi connectivity index (χ0n) is 14.9. The summed E-state index contributed by atoms with van der Waals surface area (Å²) in [4.78, 5) is 12.3. The van der Waals surface area contributed by atoms with Crippen molar-refractivity contribution in [2.24, 2.45) is 0 Å². The molecule has 1 aromatic rings. The Morgan fingerprint density at radius 2 is 1.70 bits per heavy atom. The first kappa shape index (κ1) is 23.2. The summed E-state index contributed by atoms with van der Waals surface area (Å²) in [5.41, 5.74) is -2.23. The fraction of sp³-hybridized carbons (Fsp3) is 0.471. The maximum Gasteiger partial charge on any atom is 0.416 e. The smallest absolute Gasteiger partial charge is 0.352 e. The maximum absolute atomic E-state index is 12.9. The molecule has 3 nitrogen and oxygen atoms in total. The number of alkyl halides is 6. The van der Waals surface area contributed by atoms with Gasteiger partial charge in [0.15, 0.2) is 0 Å². The molecule has 0 radical (unpaired) electrons. The minimum absolute atomic E-state index is 0.134. The van der Waals surface area contributed by atoms with Crippen molar-refractivity contribution in [3.63, 3.8) is 0 Å². The molecule has 0 fully saturated rings. The van der Waals surface area contributed by atoms with E-state index < -0.39 is 42.4 Å². The second-order valence-corrected chi connectivity index (χ2v) is 8.31. The van der Waals surface area contributed by atoms with Crippen molar-refractivity contribution in [1.29, 1.82) is 0 Å². The Balaban J connectivity index is 2.99. The van der Waals surface area contributed by atoms with Gasteiger partial charge in [0.05, 0.1) is 16.8 Å². The number of halogens is 6. The summed E-state index contributed by atoms with van der Waals surface area (Å²) in [7, 11) is 0. The fourth-order valence-corrected chi connectivity index (χ4v) is 2.36. The number of hydrogen-bond acceptors (Lipinski definition) is 3. The summed E-state index contributed by atoms with van der Waals surface area (Å²) in [6.45, 7) is 8.05. The van der Waals surface area contributed by atoms with Crippen molar-refractivity contribution in [3.05, 3.63) is 41.5 Å². The van der Waals surface area contributed by atoms with Crippen LogP contribution in [0, 0.1) is 0 Å². The van der Waals surface area contributed by atoms with Crippen LogP contribution >= 0.6 is 11.9 Å². The van der Waals surface area contributed by atoms with Crippen LogP contribution < -0.4 is 10.0 Å². The summed E-state index contributed by atoms with van der Waals surface area (Å²) in [5, 5.41) is 2.20. The molecular weight excluding hydrogens is 394 g/mol. The van der Waals surface area contributed by atoms with Gasteiger partial charge in [0.1, 0.15) is 0 Å². The Kier molecular flexibility index (Phi) is 7.26. The predicted molar refractivity (Wildman–Crippen MR) is 94.6 cm³/mol. The van der Waals surface area contributed by atoms with Gasteiger partial charge in [-0.2, -0.15) is 26.3 Å². The first-order chi connectivity index (χ1) is 12.1. The molecule has 1 aromatic carbocycles. The summed E-state index contributed by atoms with van der Waals surface area (Å²) < 4.78 is 78.6. The average Bonchev–Trinajstić information content (AvgIpc) is 2.49. The largest absolute Gasteiger partial charge is 0.416 e. The highest BCUT2D eigenvalue weighted by atomic mass is 32.2. The number of carbonyl (C=O) groups is 1. The van der Waals surface area contributed by atoms with Crippen molar-refractivity contribution in [1.82, 2.24) is 5.32 Å². The highest BCUT2D eigenvalue weighted by Crippen LogP contribution is 2.34. The van der Waals surface area contributed by atoms with Crippen molar-refractivity contribution in [2.75, 3.05) is 11.3 Å². The molecular formula is C17H20F6N2OS. The Hall–Kier alpha value is -1.84. The van der Waals surface area contributed by atoms with Crippen LogP contribution in [0.3, 0.4) is 0 Å². The highest BCUT2D eigenvalue weighted by Gasteiger charge is 2.33. The van der Waals surface area contributed by atoms with E-state index in [4.69, 9.17) is 0 Å². The molecule has 0 unspecified atom stereocenters. The molecule has 0 aliphatic heterocycles. The SMILES string of the molecule is C=C(CCNC(=O)c1cc(C(F)(F)F)ccc1NSC(C)(C)C)C(F)(F)F. The van der Waals surface area contributed by atoms with Gasteiger partial charge >= 0.3 is 12.4 Å². The fourth-order valence-electron chi connectivity index (χ4n) is 1.77. The van der Waals surface area contributed by atoms with E-state index in [1.54, 1.807) is 0 Å². The van der Waals surface area contributed by atoms with Gasteiger partial charge in [0.25, 0.3) is 5.91 Å². The second-order valence-electron chi connectivity index (χ2n) is 6.68. The lowest BCUT2D eigenvalue weighted by atomic mass is 10.1. The molecule has 0 saturated carbocycles. The van der Waals surface area contributed by atoms with Gasteiger partial charge in [-0.3, -0.25) is 4.79 Å². The Morgan fingerprint density at radius 1 is 1.11 bits per heavy atom. The van der Waals surface area contributed by atoms with E-state index in [-0.39, 0.29) is 16.0 Å². The minimum atomic E-state index is -4.66. The quantitative estimate of drug-likeness (QED) is 0.351. The molecule has 152 valence electrons. The number of anilines is 1. The zero-order chi connectivity index (χ0) is 21.0. The standard InChI is InChI=1S/C17H20F6N2OS/c1-10(16(18,19)20)7-8-24-14(26)12-9-11(17(21,22)23)5-6-13(12)25-27-15(2,3)4/h5-6,9,25H,1,7-8H2,2-4H3,(H,24,26). The Bertz CT molecular complexity index is 692. The average molecular weight is 414 g/mol. The number of rotatable bonds is 6. The van der Waals surface area contributed by atoms with Gasteiger partial charge in [0.2, 0.25) is 0 Å². The van der Waals surface area contributed by atoms with Crippen LogP contribution in [-0.2, 0) is 6.18 Å². The van der Waals surface area contributed by atoms with Crippen LogP contribution in [0.4, 0.5) is 32.0 Å². The summed E-state index contributed by atoms with van der Waals surface area (Å²) in [5.74, 6) is -0.909. The Morgan fingerprint density at radius 3 is 2.19 bits per heavy atom. The van der Waals surface area contributed by atoms with Gasteiger partial charge in [-0.15, -0.1) is 0 Å². The summed E-state index contributed by atoms with van der Waals surface area (Å²) in [6.07, 6.45) is -9.81. The zero-order valence-corrected chi connectivity index (χ0v) is 15.8. The molecule has 27 heavy (non-hydrogen) atoms. The summed E-state index contributed by atoms with van der Waals surface area (Å²) in [6, 6.07) is 2.61. The van der Waals surface area contributed by atoms with Gasteiger partial charge in [-0.05, 0) is 57.3 Å². The van der Waals surface area contributed by atoms with E-state index in [2.05, 4.69) is 16.6 Å². The monoisotopic (exact) mass is 414 g/mol. The first-order valence-electron chi connectivity index (χ1n) is 7.79. The number of carbonyl (C=O) groups excluding carboxylic acids is 1.